The van der Waals surface area contributed by atoms with E-state index in [1.165, 1.54) is 0 Å². The maximum Gasteiger partial charge on any atom is 0.421 e. The third-order valence-corrected chi connectivity index (χ3v) is 3.97. The SMILES string of the molecule is COc1c(F)c(F)c(C(F)(F)F)c2c1c(=O)c(C(=O)O)cn2C1CC1. The van der Waals surface area contributed by atoms with Crippen LogP contribution in [-0.4, -0.2) is 22.8 Å². The number of aromatic carboxylic acids is 1. The van der Waals surface area contributed by atoms with Gasteiger partial charge in [0, 0.05) is 12.2 Å². The molecular formula is C15H10F5NO4. The zero-order chi connectivity index (χ0) is 18.7. The van der Waals surface area contributed by atoms with Gasteiger partial charge in [-0.25, -0.2) is 9.18 Å². The molecule has 1 fully saturated rings. The summed E-state index contributed by atoms with van der Waals surface area (Å²) in [6.07, 6.45) is -3.74. The largest absolute Gasteiger partial charge is 0.493 e. The summed E-state index contributed by atoms with van der Waals surface area (Å²) in [6, 6.07) is -0.545. The van der Waals surface area contributed by atoms with E-state index in [4.69, 9.17) is 5.11 Å². The zero-order valence-electron chi connectivity index (χ0n) is 12.6. The van der Waals surface area contributed by atoms with Gasteiger partial charge in [-0.2, -0.15) is 17.6 Å². The Morgan fingerprint density at radius 2 is 1.88 bits per heavy atom. The molecule has 0 aliphatic heterocycles. The molecule has 5 nitrogen and oxygen atoms in total. The van der Waals surface area contributed by atoms with Crippen molar-refractivity contribution < 1.29 is 36.6 Å². The number of hydrogen-bond donors (Lipinski definition) is 1. The lowest BCUT2D eigenvalue weighted by atomic mass is 10.0. The molecule has 2 aromatic rings. The number of hydrogen-bond acceptors (Lipinski definition) is 3. The summed E-state index contributed by atoms with van der Waals surface area (Å²) in [7, 11) is 0.846. The van der Waals surface area contributed by atoms with Gasteiger partial charge in [-0.05, 0) is 12.8 Å². The van der Waals surface area contributed by atoms with Gasteiger partial charge in [0.25, 0.3) is 0 Å². The number of carboxylic acids is 1. The van der Waals surface area contributed by atoms with E-state index in [0.29, 0.717) is 12.8 Å². The summed E-state index contributed by atoms with van der Waals surface area (Å²) in [6.45, 7) is 0. The number of ether oxygens (including phenoxy) is 1. The molecular weight excluding hydrogens is 353 g/mol. The van der Waals surface area contributed by atoms with Crippen molar-refractivity contribution in [2.24, 2.45) is 0 Å². The summed E-state index contributed by atoms with van der Waals surface area (Å²) in [5.74, 6) is -6.94. The van der Waals surface area contributed by atoms with Gasteiger partial charge in [-0.3, -0.25) is 4.79 Å². The summed E-state index contributed by atoms with van der Waals surface area (Å²) in [5, 5.41) is 8.18. The Morgan fingerprint density at radius 1 is 1.28 bits per heavy atom. The minimum atomic E-state index is -5.30. The van der Waals surface area contributed by atoms with Crippen molar-refractivity contribution in [2.45, 2.75) is 25.1 Å². The molecule has 1 aliphatic carbocycles. The van der Waals surface area contributed by atoms with E-state index in [1.807, 2.05) is 0 Å². The van der Waals surface area contributed by atoms with Gasteiger partial charge < -0.3 is 14.4 Å². The lowest BCUT2D eigenvalue weighted by molar-refractivity contribution is -0.139. The molecule has 0 spiro atoms. The molecule has 0 atom stereocenters. The van der Waals surface area contributed by atoms with E-state index in [-0.39, 0.29) is 0 Å². The fraction of sp³-hybridized carbons (Fsp3) is 0.333. The fourth-order valence-corrected chi connectivity index (χ4v) is 2.76. The number of methoxy groups -OCH3 is 1. The van der Waals surface area contributed by atoms with Crippen molar-refractivity contribution in [3.05, 3.63) is 39.2 Å². The van der Waals surface area contributed by atoms with Crippen LogP contribution in [0.1, 0.15) is 34.8 Å². The van der Waals surface area contributed by atoms with Gasteiger partial charge in [0.1, 0.15) is 11.1 Å². The first-order valence-corrected chi connectivity index (χ1v) is 7.03. The van der Waals surface area contributed by atoms with Crippen LogP contribution < -0.4 is 10.2 Å². The molecule has 1 aromatic heterocycles. The number of carboxylic acid groups (broad SMARTS) is 1. The van der Waals surface area contributed by atoms with Crippen LogP contribution in [0.3, 0.4) is 0 Å². The van der Waals surface area contributed by atoms with Gasteiger partial charge in [-0.15, -0.1) is 0 Å². The topological polar surface area (TPSA) is 68.5 Å². The molecule has 1 N–H and O–H groups in total. The number of benzene rings is 1. The summed E-state index contributed by atoms with van der Waals surface area (Å²) < 4.78 is 73.8. The molecule has 25 heavy (non-hydrogen) atoms. The highest BCUT2D eigenvalue weighted by molar-refractivity contribution is 5.96. The van der Waals surface area contributed by atoms with Gasteiger partial charge >= 0.3 is 12.1 Å². The van der Waals surface area contributed by atoms with Crippen LogP contribution in [-0.2, 0) is 6.18 Å². The number of pyridine rings is 1. The number of fused-ring (bicyclic) bond motifs is 1. The molecule has 1 aromatic carbocycles. The maximum absolute atomic E-state index is 14.1. The Labute approximate surface area is 136 Å². The van der Waals surface area contributed by atoms with Gasteiger partial charge in [0.2, 0.25) is 11.2 Å². The minimum absolute atomic E-state index is 0.412. The Kier molecular flexibility index (Phi) is 3.73. The molecule has 0 amide bonds. The van der Waals surface area contributed by atoms with Crippen LogP contribution in [0.4, 0.5) is 22.0 Å². The number of alkyl halides is 3. The van der Waals surface area contributed by atoms with Crippen molar-refractivity contribution >= 4 is 16.9 Å². The van der Waals surface area contributed by atoms with Crippen molar-refractivity contribution in [1.29, 1.82) is 0 Å². The average Bonchev–Trinajstić information content (AvgIpc) is 3.32. The molecule has 10 heteroatoms. The Morgan fingerprint density at radius 3 is 2.32 bits per heavy atom. The first-order valence-electron chi connectivity index (χ1n) is 7.03. The van der Waals surface area contributed by atoms with Crippen molar-refractivity contribution in [3.8, 4) is 5.75 Å². The molecule has 1 saturated carbocycles. The number of nitrogens with zero attached hydrogens (tertiary/aromatic N) is 1. The highest BCUT2D eigenvalue weighted by atomic mass is 19.4. The van der Waals surface area contributed by atoms with Crippen LogP contribution >= 0.6 is 0 Å². The highest BCUT2D eigenvalue weighted by Crippen LogP contribution is 2.45. The van der Waals surface area contributed by atoms with Crippen LogP contribution in [0.25, 0.3) is 10.9 Å². The third kappa shape index (κ3) is 2.52. The van der Waals surface area contributed by atoms with Crippen molar-refractivity contribution in [1.82, 2.24) is 4.57 Å². The van der Waals surface area contributed by atoms with E-state index in [0.717, 1.165) is 17.9 Å². The highest BCUT2D eigenvalue weighted by Gasteiger charge is 2.43. The Balaban J connectivity index is 2.66. The smallest absolute Gasteiger partial charge is 0.421 e. The molecule has 1 heterocycles. The Bertz CT molecular complexity index is 960. The predicted octanol–water partition coefficient (Wildman–Crippen LogP) is 3.34. The Hall–Kier alpha value is -2.65. The molecule has 1 aliphatic rings. The molecule has 0 bridgehead atoms. The van der Waals surface area contributed by atoms with Crippen LogP contribution in [0, 0.1) is 11.6 Å². The number of halogens is 5. The lowest BCUT2D eigenvalue weighted by Gasteiger charge is -2.20. The summed E-state index contributed by atoms with van der Waals surface area (Å²) in [5.41, 5.74) is -5.10. The van der Waals surface area contributed by atoms with Crippen LogP contribution in [0.15, 0.2) is 11.0 Å². The number of rotatable bonds is 3. The first-order chi connectivity index (χ1) is 11.6. The third-order valence-electron chi connectivity index (χ3n) is 3.97. The second kappa shape index (κ2) is 5.43. The van der Waals surface area contributed by atoms with Crippen molar-refractivity contribution in [3.63, 3.8) is 0 Å². The first kappa shape index (κ1) is 17.2. The van der Waals surface area contributed by atoms with Crippen LogP contribution in [0.2, 0.25) is 0 Å². The van der Waals surface area contributed by atoms with Crippen molar-refractivity contribution in [2.75, 3.05) is 7.11 Å². The fourth-order valence-electron chi connectivity index (χ4n) is 2.76. The average molecular weight is 363 g/mol. The molecule has 134 valence electrons. The monoisotopic (exact) mass is 363 g/mol. The summed E-state index contributed by atoms with van der Waals surface area (Å²) in [4.78, 5) is 23.6. The second-order valence-corrected chi connectivity index (χ2v) is 5.57. The van der Waals surface area contributed by atoms with Gasteiger partial charge in [0.05, 0.1) is 18.0 Å². The lowest BCUT2D eigenvalue weighted by Crippen LogP contribution is -2.23. The standard InChI is InChI=1S/C15H10F5NO4/c1-25-13-7-11(8(15(18,19)20)9(16)10(13)17)21(5-2-3-5)4-6(12(7)22)14(23)24/h4-5H,2-3H2,1H3,(H,23,24). The van der Waals surface area contributed by atoms with E-state index < -0.39 is 63.0 Å². The maximum atomic E-state index is 14.1. The van der Waals surface area contributed by atoms with E-state index in [9.17, 15) is 31.5 Å². The van der Waals surface area contributed by atoms with Gasteiger partial charge in [0.15, 0.2) is 11.6 Å². The number of aromatic nitrogens is 1. The van der Waals surface area contributed by atoms with Gasteiger partial charge in [-0.1, -0.05) is 0 Å². The van der Waals surface area contributed by atoms with E-state index in [2.05, 4.69) is 4.74 Å². The molecule has 0 saturated heterocycles. The van der Waals surface area contributed by atoms with E-state index >= 15 is 0 Å². The second-order valence-electron chi connectivity index (χ2n) is 5.57. The zero-order valence-corrected chi connectivity index (χ0v) is 12.6. The van der Waals surface area contributed by atoms with E-state index in [1.54, 1.807) is 0 Å². The molecule has 0 unspecified atom stereocenters. The quantitative estimate of drug-likeness (QED) is 0.850. The molecule has 0 radical (unpaired) electrons. The summed E-state index contributed by atoms with van der Waals surface area (Å²) >= 11 is 0. The molecule has 3 rings (SSSR count). The van der Waals surface area contributed by atoms with Crippen LogP contribution in [0.5, 0.6) is 5.75 Å². The minimum Gasteiger partial charge on any atom is -0.493 e. The predicted molar refractivity (Wildman–Crippen MR) is 74.9 cm³/mol. The normalized spacial score (nSPS) is 14.8. The number of carbonyl (C=O) groups is 1.